The maximum Gasteiger partial charge on any atom is 0.249 e. The molecule has 1 saturated heterocycles. The number of aryl methyl sites for hydroxylation is 1. The summed E-state index contributed by atoms with van der Waals surface area (Å²) in [6, 6.07) is 5.90. The van der Waals surface area contributed by atoms with Crippen molar-refractivity contribution >= 4 is 5.91 Å². The van der Waals surface area contributed by atoms with Crippen LogP contribution < -0.4 is 10.1 Å². The van der Waals surface area contributed by atoms with Crippen molar-refractivity contribution in [1.29, 1.82) is 0 Å². The van der Waals surface area contributed by atoms with Gasteiger partial charge < -0.3 is 14.8 Å². The van der Waals surface area contributed by atoms with Crippen molar-refractivity contribution in [3.8, 4) is 5.75 Å². The average molecular weight is 249 g/mol. The number of rotatable bonds is 4. The van der Waals surface area contributed by atoms with Crippen LogP contribution in [-0.4, -0.2) is 25.7 Å². The second-order valence-electron chi connectivity index (χ2n) is 4.52. The van der Waals surface area contributed by atoms with Gasteiger partial charge in [-0.05, 0) is 37.0 Å². The standard InChI is InChI=1S/C14H19NO3/c1-10-8-11(5-6-12(10)17-2)9-15-14(16)13-4-3-7-18-13/h5-6,8,13H,3-4,7,9H2,1-2H3,(H,15,16). The molecule has 1 aromatic carbocycles. The van der Waals surface area contributed by atoms with Crippen LogP contribution in [0.25, 0.3) is 0 Å². The summed E-state index contributed by atoms with van der Waals surface area (Å²) in [6.07, 6.45) is 1.54. The molecule has 0 saturated carbocycles. The Balaban J connectivity index is 1.89. The highest BCUT2D eigenvalue weighted by Gasteiger charge is 2.22. The normalized spacial score (nSPS) is 18.7. The van der Waals surface area contributed by atoms with Crippen molar-refractivity contribution in [3.63, 3.8) is 0 Å². The Labute approximate surface area is 107 Å². The van der Waals surface area contributed by atoms with Crippen LogP contribution in [0.4, 0.5) is 0 Å². The van der Waals surface area contributed by atoms with Crippen LogP contribution in [0.2, 0.25) is 0 Å². The lowest BCUT2D eigenvalue weighted by atomic mass is 10.1. The summed E-state index contributed by atoms with van der Waals surface area (Å²) in [5.41, 5.74) is 2.14. The fourth-order valence-electron chi connectivity index (χ4n) is 2.14. The molecule has 1 fully saturated rings. The van der Waals surface area contributed by atoms with E-state index in [0.29, 0.717) is 13.2 Å². The maximum absolute atomic E-state index is 11.8. The SMILES string of the molecule is COc1ccc(CNC(=O)C2CCCO2)cc1C. The van der Waals surface area contributed by atoms with Gasteiger partial charge in [-0.25, -0.2) is 0 Å². The Morgan fingerprint density at radius 2 is 2.39 bits per heavy atom. The lowest BCUT2D eigenvalue weighted by Gasteiger charge is -2.11. The van der Waals surface area contributed by atoms with Crippen LogP contribution >= 0.6 is 0 Å². The molecular weight excluding hydrogens is 230 g/mol. The minimum Gasteiger partial charge on any atom is -0.496 e. The van der Waals surface area contributed by atoms with Gasteiger partial charge in [0.05, 0.1) is 7.11 Å². The van der Waals surface area contributed by atoms with E-state index >= 15 is 0 Å². The van der Waals surface area contributed by atoms with Gasteiger partial charge in [-0.3, -0.25) is 4.79 Å². The summed E-state index contributed by atoms with van der Waals surface area (Å²) in [6.45, 7) is 3.22. The molecule has 1 aliphatic rings. The molecule has 0 aromatic heterocycles. The van der Waals surface area contributed by atoms with E-state index in [1.165, 1.54) is 0 Å². The van der Waals surface area contributed by atoms with E-state index in [1.807, 2.05) is 25.1 Å². The van der Waals surface area contributed by atoms with Gasteiger partial charge in [0.15, 0.2) is 0 Å². The molecule has 98 valence electrons. The summed E-state index contributed by atoms with van der Waals surface area (Å²) in [7, 11) is 1.65. The molecule has 2 rings (SSSR count). The Kier molecular flexibility index (Phi) is 4.20. The van der Waals surface area contributed by atoms with Gasteiger partial charge in [0.2, 0.25) is 5.91 Å². The van der Waals surface area contributed by atoms with E-state index < -0.39 is 0 Å². The van der Waals surface area contributed by atoms with Crippen molar-refractivity contribution in [2.75, 3.05) is 13.7 Å². The first-order chi connectivity index (χ1) is 8.70. The summed E-state index contributed by atoms with van der Waals surface area (Å²) in [4.78, 5) is 11.8. The van der Waals surface area contributed by atoms with Crippen LogP contribution in [0.15, 0.2) is 18.2 Å². The number of nitrogens with one attached hydrogen (secondary N) is 1. The number of carbonyl (C=O) groups is 1. The van der Waals surface area contributed by atoms with E-state index in [4.69, 9.17) is 9.47 Å². The topological polar surface area (TPSA) is 47.6 Å². The van der Waals surface area contributed by atoms with Crippen molar-refractivity contribution in [3.05, 3.63) is 29.3 Å². The highest BCUT2D eigenvalue weighted by molar-refractivity contribution is 5.80. The van der Waals surface area contributed by atoms with E-state index in [0.717, 1.165) is 29.7 Å². The second kappa shape index (κ2) is 5.87. The summed E-state index contributed by atoms with van der Waals surface area (Å²) < 4.78 is 10.5. The first-order valence-corrected chi connectivity index (χ1v) is 6.23. The van der Waals surface area contributed by atoms with Crippen molar-refractivity contribution in [1.82, 2.24) is 5.32 Å². The zero-order chi connectivity index (χ0) is 13.0. The molecule has 4 nitrogen and oxygen atoms in total. The third-order valence-corrected chi connectivity index (χ3v) is 3.15. The minimum absolute atomic E-state index is 0.0130. The van der Waals surface area contributed by atoms with E-state index in [2.05, 4.69) is 5.32 Å². The monoisotopic (exact) mass is 249 g/mol. The molecule has 1 aromatic rings. The van der Waals surface area contributed by atoms with Gasteiger partial charge in [-0.1, -0.05) is 12.1 Å². The molecule has 1 heterocycles. The van der Waals surface area contributed by atoms with Crippen LogP contribution in [-0.2, 0) is 16.1 Å². The number of hydrogen-bond acceptors (Lipinski definition) is 3. The first-order valence-electron chi connectivity index (χ1n) is 6.23. The number of benzene rings is 1. The largest absolute Gasteiger partial charge is 0.496 e. The fourth-order valence-corrected chi connectivity index (χ4v) is 2.14. The Bertz CT molecular complexity index is 425. The smallest absolute Gasteiger partial charge is 0.249 e. The van der Waals surface area contributed by atoms with Gasteiger partial charge in [0.25, 0.3) is 0 Å². The molecule has 0 spiro atoms. The zero-order valence-electron chi connectivity index (χ0n) is 10.9. The molecule has 1 atom stereocenters. The quantitative estimate of drug-likeness (QED) is 0.885. The van der Waals surface area contributed by atoms with E-state index in [9.17, 15) is 4.79 Å². The number of amides is 1. The summed E-state index contributed by atoms with van der Waals surface area (Å²) in [5, 5.41) is 2.90. The van der Waals surface area contributed by atoms with E-state index in [1.54, 1.807) is 7.11 Å². The first kappa shape index (κ1) is 12.9. The zero-order valence-corrected chi connectivity index (χ0v) is 10.9. The lowest BCUT2D eigenvalue weighted by Crippen LogP contribution is -2.33. The third-order valence-electron chi connectivity index (χ3n) is 3.15. The average Bonchev–Trinajstić information content (AvgIpc) is 2.90. The predicted molar refractivity (Wildman–Crippen MR) is 68.6 cm³/mol. The van der Waals surface area contributed by atoms with Crippen molar-refractivity contribution in [2.24, 2.45) is 0 Å². The molecule has 18 heavy (non-hydrogen) atoms. The number of ether oxygens (including phenoxy) is 2. The molecule has 1 unspecified atom stereocenters. The molecule has 0 radical (unpaired) electrons. The molecule has 0 bridgehead atoms. The number of carbonyl (C=O) groups excluding carboxylic acids is 1. The maximum atomic E-state index is 11.8. The molecule has 4 heteroatoms. The predicted octanol–water partition coefficient (Wildman–Crippen LogP) is 1.80. The number of hydrogen-bond donors (Lipinski definition) is 1. The van der Waals surface area contributed by atoms with Crippen LogP contribution in [0.5, 0.6) is 5.75 Å². The van der Waals surface area contributed by atoms with Crippen molar-refractivity contribution < 1.29 is 14.3 Å². The van der Waals surface area contributed by atoms with Gasteiger partial charge in [0, 0.05) is 13.2 Å². The molecule has 0 aliphatic carbocycles. The highest BCUT2D eigenvalue weighted by Crippen LogP contribution is 2.18. The second-order valence-corrected chi connectivity index (χ2v) is 4.52. The van der Waals surface area contributed by atoms with Gasteiger partial charge in [0.1, 0.15) is 11.9 Å². The Morgan fingerprint density at radius 3 is 3.00 bits per heavy atom. The van der Waals surface area contributed by atoms with Gasteiger partial charge >= 0.3 is 0 Å². The van der Waals surface area contributed by atoms with Crippen molar-refractivity contribution in [2.45, 2.75) is 32.4 Å². The number of methoxy groups -OCH3 is 1. The van der Waals surface area contributed by atoms with Gasteiger partial charge in [-0.2, -0.15) is 0 Å². The van der Waals surface area contributed by atoms with Gasteiger partial charge in [-0.15, -0.1) is 0 Å². The van der Waals surface area contributed by atoms with Crippen LogP contribution in [0, 0.1) is 6.92 Å². The molecule has 1 N–H and O–H groups in total. The van der Waals surface area contributed by atoms with Crippen LogP contribution in [0.3, 0.4) is 0 Å². The van der Waals surface area contributed by atoms with E-state index in [-0.39, 0.29) is 12.0 Å². The third kappa shape index (κ3) is 3.01. The molecular formula is C14H19NO3. The summed E-state index contributed by atoms with van der Waals surface area (Å²) >= 11 is 0. The Hall–Kier alpha value is -1.55. The Morgan fingerprint density at radius 1 is 1.56 bits per heavy atom. The lowest BCUT2D eigenvalue weighted by molar-refractivity contribution is -0.130. The molecule has 1 amide bonds. The molecule has 1 aliphatic heterocycles. The minimum atomic E-state index is -0.260. The fraction of sp³-hybridized carbons (Fsp3) is 0.500. The summed E-state index contributed by atoms with van der Waals surface area (Å²) in [5.74, 6) is 0.852. The van der Waals surface area contributed by atoms with Crippen LogP contribution in [0.1, 0.15) is 24.0 Å². The highest BCUT2D eigenvalue weighted by atomic mass is 16.5.